The van der Waals surface area contributed by atoms with E-state index in [0.29, 0.717) is 12.5 Å². The molecule has 2 aromatic rings. The van der Waals surface area contributed by atoms with Gasteiger partial charge in [0.05, 0.1) is 6.61 Å². The van der Waals surface area contributed by atoms with Crippen molar-refractivity contribution in [2.75, 3.05) is 25.1 Å². The van der Waals surface area contributed by atoms with Gasteiger partial charge in [0.1, 0.15) is 5.75 Å². The maximum atomic E-state index is 5.86. The van der Waals surface area contributed by atoms with Gasteiger partial charge in [-0.3, -0.25) is 0 Å². The summed E-state index contributed by atoms with van der Waals surface area (Å²) in [6.07, 6.45) is 1.01. The number of ether oxygens (including phenoxy) is 1. The van der Waals surface area contributed by atoms with Crippen LogP contribution < -0.4 is 15.4 Å². The van der Waals surface area contributed by atoms with E-state index in [1.807, 2.05) is 0 Å². The van der Waals surface area contributed by atoms with Crippen LogP contribution in [0.4, 0.5) is 11.4 Å². The molecule has 0 unspecified atom stereocenters. The van der Waals surface area contributed by atoms with Crippen molar-refractivity contribution in [3.05, 3.63) is 53.6 Å². The summed E-state index contributed by atoms with van der Waals surface area (Å²) in [5, 5.41) is 0. The Morgan fingerprint density at radius 1 is 1.24 bits per heavy atom. The molecule has 3 nitrogen and oxygen atoms in total. The van der Waals surface area contributed by atoms with Gasteiger partial charge in [0.25, 0.3) is 0 Å². The molecule has 0 aromatic heterocycles. The number of hydrogen-bond acceptors (Lipinski definition) is 3. The van der Waals surface area contributed by atoms with Crippen LogP contribution in [0, 0.1) is 6.92 Å². The number of nitrogens with zero attached hydrogens (tertiary/aromatic N) is 1. The molecule has 0 radical (unpaired) electrons. The van der Waals surface area contributed by atoms with Crippen molar-refractivity contribution in [3.8, 4) is 5.75 Å². The van der Waals surface area contributed by atoms with E-state index in [9.17, 15) is 0 Å². The van der Waals surface area contributed by atoms with Crippen molar-refractivity contribution < 1.29 is 4.74 Å². The van der Waals surface area contributed by atoms with Gasteiger partial charge in [-0.25, -0.2) is 0 Å². The summed E-state index contributed by atoms with van der Waals surface area (Å²) < 4.78 is 5.83. The van der Waals surface area contributed by atoms with Crippen molar-refractivity contribution >= 4 is 11.4 Å². The molecule has 1 heterocycles. The van der Waals surface area contributed by atoms with Crippen LogP contribution in [0.5, 0.6) is 5.75 Å². The second kappa shape index (κ2) is 5.78. The standard InChI is InChI=1S/C18H22N2O/c1-13-5-3-4-6-17(13)20(2)15-7-8-16-14(12-19)9-10-21-18(16)11-15/h3-8,11,14H,9-10,12,19H2,1-2H3/t14-/m0/s1. The molecule has 2 aromatic carbocycles. The fraction of sp³-hybridized carbons (Fsp3) is 0.333. The van der Waals surface area contributed by atoms with Gasteiger partial charge in [-0.1, -0.05) is 24.3 Å². The molecule has 1 aliphatic rings. The van der Waals surface area contributed by atoms with E-state index in [4.69, 9.17) is 10.5 Å². The van der Waals surface area contributed by atoms with Crippen molar-refractivity contribution in [3.63, 3.8) is 0 Å². The van der Waals surface area contributed by atoms with Gasteiger partial charge >= 0.3 is 0 Å². The Morgan fingerprint density at radius 3 is 2.81 bits per heavy atom. The molecule has 0 amide bonds. The molecule has 0 bridgehead atoms. The number of nitrogens with two attached hydrogens (primary N) is 1. The SMILES string of the molecule is Cc1ccccc1N(C)c1ccc2c(c1)OCC[C@H]2CN. The van der Waals surface area contributed by atoms with Crippen LogP contribution in [0.3, 0.4) is 0 Å². The molecular weight excluding hydrogens is 260 g/mol. The average molecular weight is 282 g/mol. The Bertz CT molecular complexity index is 639. The number of benzene rings is 2. The van der Waals surface area contributed by atoms with Crippen molar-refractivity contribution in [2.45, 2.75) is 19.3 Å². The van der Waals surface area contributed by atoms with Gasteiger partial charge in [0.15, 0.2) is 0 Å². The fourth-order valence-corrected chi connectivity index (χ4v) is 2.98. The molecule has 110 valence electrons. The van der Waals surface area contributed by atoms with Crippen molar-refractivity contribution in [1.29, 1.82) is 0 Å². The zero-order valence-electron chi connectivity index (χ0n) is 12.7. The lowest BCUT2D eigenvalue weighted by molar-refractivity contribution is 0.269. The molecular formula is C18H22N2O. The minimum atomic E-state index is 0.423. The molecule has 0 aliphatic carbocycles. The molecule has 0 spiro atoms. The predicted octanol–water partition coefficient (Wildman–Crippen LogP) is 3.59. The lowest BCUT2D eigenvalue weighted by Gasteiger charge is -2.28. The van der Waals surface area contributed by atoms with Crippen molar-refractivity contribution in [1.82, 2.24) is 0 Å². The molecule has 0 fully saturated rings. The van der Waals surface area contributed by atoms with E-state index in [1.165, 1.54) is 16.8 Å². The Morgan fingerprint density at radius 2 is 2.05 bits per heavy atom. The molecule has 21 heavy (non-hydrogen) atoms. The molecule has 1 atom stereocenters. The first-order valence-electron chi connectivity index (χ1n) is 7.47. The van der Waals surface area contributed by atoms with E-state index in [0.717, 1.165) is 24.5 Å². The first-order valence-corrected chi connectivity index (χ1v) is 7.47. The Hall–Kier alpha value is -2.00. The normalized spacial score (nSPS) is 17.0. The summed E-state index contributed by atoms with van der Waals surface area (Å²) in [7, 11) is 2.09. The highest BCUT2D eigenvalue weighted by atomic mass is 16.5. The highest BCUT2D eigenvalue weighted by molar-refractivity contribution is 5.67. The number of fused-ring (bicyclic) bond motifs is 1. The highest BCUT2D eigenvalue weighted by Crippen LogP contribution is 2.37. The third kappa shape index (κ3) is 2.61. The van der Waals surface area contributed by atoms with Gasteiger partial charge in [0.2, 0.25) is 0 Å². The zero-order chi connectivity index (χ0) is 14.8. The summed E-state index contributed by atoms with van der Waals surface area (Å²) >= 11 is 0. The van der Waals surface area contributed by atoms with E-state index >= 15 is 0 Å². The molecule has 3 rings (SSSR count). The van der Waals surface area contributed by atoms with Crippen LogP contribution in [-0.4, -0.2) is 20.2 Å². The Labute approximate surface area is 126 Å². The third-order valence-electron chi connectivity index (χ3n) is 4.31. The highest BCUT2D eigenvalue weighted by Gasteiger charge is 2.21. The van der Waals surface area contributed by atoms with Crippen molar-refractivity contribution in [2.24, 2.45) is 5.73 Å². The smallest absolute Gasteiger partial charge is 0.124 e. The summed E-state index contributed by atoms with van der Waals surface area (Å²) in [5.74, 6) is 1.40. The van der Waals surface area contributed by atoms with E-state index < -0.39 is 0 Å². The number of rotatable bonds is 3. The fourth-order valence-electron chi connectivity index (χ4n) is 2.98. The minimum absolute atomic E-state index is 0.423. The summed E-state index contributed by atoms with van der Waals surface area (Å²) in [6, 6.07) is 14.8. The van der Waals surface area contributed by atoms with E-state index in [-0.39, 0.29) is 0 Å². The molecule has 0 saturated heterocycles. The summed E-state index contributed by atoms with van der Waals surface area (Å²) in [4.78, 5) is 2.20. The first-order chi connectivity index (χ1) is 10.2. The minimum Gasteiger partial charge on any atom is -0.493 e. The second-order valence-electron chi connectivity index (χ2n) is 5.64. The largest absolute Gasteiger partial charge is 0.493 e. The predicted molar refractivity (Wildman–Crippen MR) is 87.6 cm³/mol. The summed E-state index contributed by atoms with van der Waals surface area (Å²) in [5.41, 5.74) is 10.7. The molecule has 3 heteroatoms. The number of aryl methyl sites for hydroxylation is 1. The quantitative estimate of drug-likeness (QED) is 0.935. The van der Waals surface area contributed by atoms with Crippen LogP contribution >= 0.6 is 0 Å². The van der Waals surface area contributed by atoms with Crippen LogP contribution in [-0.2, 0) is 0 Å². The summed E-state index contributed by atoms with van der Waals surface area (Å²) in [6.45, 7) is 3.57. The maximum Gasteiger partial charge on any atom is 0.124 e. The Kier molecular flexibility index (Phi) is 3.84. The van der Waals surface area contributed by atoms with Gasteiger partial charge in [-0.2, -0.15) is 0 Å². The number of para-hydroxylation sites is 1. The number of anilines is 2. The third-order valence-corrected chi connectivity index (χ3v) is 4.31. The second-order valence-corrected chi connectivity index (χ2v) is 5.64. The van der Waals surface area contributed by atoms with Crippen LogP contribution in [0.25, 0.3) is 0 Å². The topological polar surface area (TPSA) is 38.5 Å². The van der Waals surface area contributed by atoms with Crippen LogP contribution in [0.15, 0.2) is 42.5 Å². The number of hydrogen-bond donors (Lipinski definition) is 1. The average Bonchev–Trinajstić information content (AvgIpc) is 2.53. The molecule has 2 N–H and O–H groups in total. The molecule has 0 saturated carbocycles. The van der Waals surface area contributed by atoms with Gasteiger partial charge < -0.3 is 15.4 Å². The maximum absolute atomic E-state index is 5.86. The van der Waals surface area contributed by atoms with E-state index in [2.05, 4.69) is 61.3 Å². The Balaban J connectivity index is 1.95. The van der Waals surface area contributed by atoms with Gasteiger partial charge in [0, 0.05) is 30.4 Å². The lowest BCUT2D eigenvalue weighted by Crippen LogP contribution is -2.21. The van der Waals surface area contributed by atoms with Crippen LogP contribution in [0.1, 0.15) is 23.5 Å². The van der Waals surface area contributed by atoms with Gasteiger partial charge in [-0.05, 0) is 43.1 Å². The zero-order valence-corrected chi connectivity index (χ0v) is 12.7. The molecule has 1 aliphatic heterocycles. The van der Waals surface area contributed by atoms with Crippen LogP contribution in [0.2, 0.25) is 0 Å². The van der Waals surface area contributed by atoms with E-state index in [1.54, 1.807) is 0 Å². The monoisotopic (exact) mass is 282 g/mol. The first kappa shape index (κ1) is 14.0. The lowest BCUT2D eigenvalue weighted by atomic mass is 9.93. The van der Waals surface area contributed by atoms with Gasteiger partial charge in [-0.15, -0.1) is 0 Å².